The molecule has 24 heavy (non-hydrogen) atoms. The van der Waals surface area contributed by atoms with E-state index in [2.05, 4.69) is 5.32 Å². The van der Waals surface area contributed by atoms with E-state index < -0.39 is 13.0 Å². The largest absolute Gasteiger partial charge is 0.333 e. The number of fused-ring (bicyclic) bond motifs is 2. The molecule has 0 spiro atoms. The summed E-state index contributed by atoms with van der Waals surface area (Å²) in [5.74, 6) is 0.192. The van der Waals surface area contributed by atoms with E-state index in [9.17, 15) is 13.6 Å². The zero-order chi connectivity index (χ0) is 16.2. The van der Waals surface area contributed by atoms with Crippen LogP contribution in [-0.2, 0) is 11.3 Å². The van der Waals surface area contributed by atoms with Crippen LogP contribution in [0, 0.1) is 5.92 Å². The average Bonchev–Trinajstić information content (AvgIpc) is 2.86. The predicted octanol–water partition coefficient (Wildman–Crippen LogP) is 3.62. The molecule has 2 fully saturated rings. The van der Waals surface area contributed by atoms with E-state index in [1.165, 1.54) is 17.7 Å². The molecule has 0 aliphatic carbocycles. The molecule has 0 radical (unpaired) electrons. The molecule has 1 N–H and O–H groups in total. The molecular weight excluding hydrogens is 334 g/mol. The number of nitrogens with one attached hydrogen (secondary N) is 1. The van der Waals surface area contributed by atoms with Crippen LogP contribution in [0.15, 0.2) is 30.3 Å². The number of amides is 1. The minimum atomic E-state index is -2.49. The summed E-state index contributed by atoms with van der Waals surface area (Å²) >= 11 is 0. The van der Waals surface area contributed by atoms with E-state index in [0.717, 1.165) is 18.4 Å². The van der Waals surface area contributed by atoms with Gasteiger partial charge in [-0.05, 0) is 37.2 Å². The van der Waals surface area contributed by atoms with E-state index in [0.29, 0.717) is 24.4 Å². The highest BCUT2D eigenvalue weighted by atomic mass is 35.5. The number of halogens is 3. The third kappa shape index (κ3) is 5.15. The summed E-state index contributed by atoms with van der Waals surface area (Å²) in [7, 11) is 0. The first kappa shape index (κ1) is 19.1. The van der Waals surface area contributed by atoms with Crippen LogP contribution in [0.4, 0.5) is 8.78 Å². The second-order valence-electron chi connectivity index (χ2n) is 6.83. The first-order chi connectivity index (χ1) is 11.1. The Morgan fingerprint density at radius 1 is 1.17 bits per heavy atom. The van der Waals surface area contributed by atoms with Crippen LogP contribution in [0.25, 0.3) is 0 Å². The molecule has 2 aliphatic rings. The minimum absolute atomic E-state index is 0. The minimum Gasteiger partial charge on any atom is -0.333 e. The summed E-state index contributed by atoms with van der Waals surface area (Å²) in [5, 5.41) is 3.55. The third-order valence-electron chi connectivity index (χ3n) is 4.96. The lowest BCUT2D eigenvalue weighted by Gasteiger charge is -2.31. The highest BCUT2D eigenvalue weighted by Crippen LogP contribution is 2.33. The van der Waals surface area contributed by atoms with Crippen molar-refractivity contribution in [3.8, 4) is 0 Å². The number of rotatable bonds is 6. The van der Waals surface area contributed by atoms with Crippen LogP contribution in [0.2, 0.25) is 0 Å². The fraction of sp³-hybridized carbons (Fsp3) is 0.611. The van der Waals surface area contributed by atoms with E-state index in [1.807, 2.05) is 30.3 Å². The van der Waals surface area contributed by atoms with Gasteiger partial charge in [0.15, 0.2) is 0 Å². The van der Waals surface area contributed by atoms with E-state index in [4.69, 9.17) is 0 Å². The van der Waals surface area contributed by atoms with Crippen LogP contribution in [0.5, 0.6) is 0 Å². The molecule has 2 bridgehead atoms. The number of piperidine rings is 1. The lowest BCUT2D eigenvalue weighted by Crippen LogP contribution is -2.41. The smallest absolute Gasteiger partial charge is 0.255 e. The third-order valence-corrected chi connectivity index (χ3v) is 4.96. The fourth-order valence-corrected chi connectivity index (χ4v) is 3.94. The van der Waals surface area contributed by atoms with Crippen molar-refractivity contribution in [2.24, 2.45) is 5.92 Å². The zero-order valence-electron chi connectivity index (χ0n) is 13.7. The molecule has 0 saturated carbocycles. The van der Waals surface area contributed by atoms with Gasteiger partial charge in [0.25, 0.3) is 6.43 Å². The Balaban J connectivity index is 0.00000208. The standard InChI is InChI=1S/C18H24F2N2O.ClH/c19-17(20)12-22(11-13-4-2-1-3-5-13)18(23)10-14-8-15-6-7-16(9-14)21-15;/h1-5,14-17,21H,6-12H2;1H. The zero-order valence-corrected chi connectivity index (χ0v) is 14.5. The Bertz CT molecular complexity index is 517. The summed E-state index contributed by atoms with van der Waals surface area (Å²) in [6.45, 7) is -0.215. The van der Waals surface area contributed by atoms with Gasteiger partial charge in [0, 0.05) is 25.0 Å². The Morgan fingerprint density at radius 3 is 2.38 bits per heavy atom. The number of nitrogens with zero attached hydrogens (tertiary/aromatic N) is 1. The quantitative estimate of drug-likeness (QED) is 0.842. The molecule has 2 unspecified atom stereocenters. The van der Waals surface area contributed by atoms with Crippen molar-refractivity contribution < 1.29 is 13.6 Å². The van der Waals surface area contributed by atoms with Crippen molar-refractivity contribution in [3.05, 3.63) is 35.9 Å². The molecule has 6 heteroatoms. The molecule has 134 valence electrons. The number of carbonyl (C=O) groups excluding carboxylic acids is 1. The van der Waals surface area contributed by atoms with Crippen molar-refractivity contribution in [2.45, 2.75) is 57.2 Å². The van der Waals surface area contributed by atoms with Crippen LogP contribution < -0.4 is 5.32 Å². The molecule has 3 rings (SSSR count). The van der Waals surface area contributed by atoms with Gasteiger partial charge in [-0.2, -0.15) is 0 Å². The van der Waals surface area contributed by atoms with Gasteiger partial charge in [-0.3, -0.25) is 4.79 Å². The molecule has 1 amide bonds. The predicted molar refractivity (Wildman–Crippen MR) is 92.4 cm³/mol. The van der Waals surface area contributed by atoms with Crippen molar-refractivity contribution in [3.63, 3.8) is 0 Å². The maximum atomic E-state index is 12.9. The molecule has 3 nitrogen and oxygen atoms in total. The first-order valence-corrected chi connectivity index (χ1v) is 8.46. The molecule has 2 saturated heterocycles. The Labute approximate surface area is 148 Å². The van der Waals surface area contributed by atoms with Gasteiger partial charge in [-0.15, -0.1) is 12.4 Å². The summed E-state index contributed by atoms with van der Waals surface area (Å²) in [5.41, 5.74) is 0.895. The SMILES string of the molecule is Cl.O=C(CC1CC2CCC(C1)N2)N(Cc1ccccc1)CC(F)F. The topological polar surface area (TPSA) is 32.3 Å². The van der Waals surface area contributed by atoms with Gasteiger partial charge in [0.05, 0.1) is 6.54 Å². The van der Waals surface area contributed by atoms with Gasteiger partial charge in [0.1, 0.15) is 0 Å². The number of carbonyl (C=O) groups is 1. The Morgan fingerprint density at radius 2 is 1.79 bits per heavy atom. The van der Waals surface area contributed by atoms with Gasteiger partial charge < -0.3 is 10.2 Å². The lowest BCUT2D eigenvalue weighted by atomic mass is 9.89. The van der Waals surface area contributed by atoms with E-state index >= 15 is 0 Å². The molecular formula is C18H25ClF2N2O. The van der Waals surface area contributed by atoms with Crippen LogP contribution in [0.3, 0.4) is 0 Å². The monoisotopic (exact) mass is 358 g/mol. The van der Waals surface area contributed by atoms with Gasteiger partial charge >= 0.3 is 0 Å². The van der Waals surface area contributed by atoms with Crippen LogP contribution >= 0.6 is 12.4 Å². The molecule has 2 heterocycles. The number of hydrogen-bond acceptors (Lipinski definition) is 2. The molecule has 2 atom stereocenters. The Kier molecular flexibility index (Phi) is 6.99. The van der Waals surface area contributed by atoms with E-state index in [1.54, 1.807) is 0 Å². The molecule has 0 aromatic heterocycles. The van der Waals surface area contributed by atoms with Gasteiger partial charge in [-0.1, -0.05) is 30.3 Å². The summed E-state index contributed by atoms with van der Waals surface area (Å²) in [4.78, 5) is 13.9. The van der Waals surface area contributed by atoms with E-state index in [-0.39, 0.29) is 24.9 Å². The number of hydrogen-bond donors (Lipinski definition) is 1. The van der Waals surface area contributed by atoms with Crippen LogP contribution in [-0.4, -0.2) is 35.9 Å². The molecule has 1 aromatic rings. The maximum Gasteiger partial charge on any atom is 0.255 e. The second-order valence-corrected chi connectivity index (χ2v) is 6.83. The summed E-state index contributed by atoms with van der Waals surface area (Å²) < 4.78 is 25.7. The average molecular weight is 359 g/mol. The van der Waals surface area contributed by atoms with Crippen molar-refractivity contribution in [1.29, 1.82) is 0 Å². The molecule has 1 aromatic carbocycles. The summed E-state index contributed by atoms with van der Waals surface area (Å²) in [6.07, 6.45) is 2.26. The number of alkyl halides is 2. The maximum absolute atomic E-state index is 12.9. The Hall–Kier alpha value is -1.20. The fourth-order valence-electron chi connectivity index (χ4n) is 3.94. The normalized spacial score (nSPS) is 25.4. The highest BCUT2D eigenvalue weighted by molar-refractivity contribution is 5.85. The van der Waals surface area contributed by atoms with Crippen molar-refractivity contribution >= 4 is 18.3 Å². The highest BCUT2D eigenvalue weighted by Gasteiger charge is 2.35. The summed E-state index contributed by atoms with van der Waals surface area (Å²) in [6, 6.07) is 10.4. The number of benzene rings is 1. The van der Waals surface area contributed by atoms with Crippen LogP contribution in [0.1, 0.15) is 37.7 Å². The molecule has 2 aliphatic heterocycles. The van der Waals surface area contributed by atoms with Gasteiger partial charge in [0.2, 0.25) is 5.91 Å². The van der Waals surface area contributed by atoms with Crippen molar-refractivity contribution in [2.75, 3.05) is 6.54 Å². The second kappa shape index (κ2) is 8.77. The first-order valence-electron chi connectivity index (χ1n) is 8.46. The lowest BCUT2D eigenvalue weighted by molar-refractivity contribution is -0.135. The van der Waals surface area contributed by atoms with Crippen molar-refractivity contribution in [1.82, 2.24) is 10.2 Å². The van der Waals surface area contributed by atoms with Gasteiger partial charge in [-0.25, -0.2) is 8.78 Å².